The Morgan fingerprint density at radius 3 is 2.53 bits per heavy atom. The van der Waals surface area contributed by atoms with Crippen LogP contribution < -0.4 is 0 Å². The molecule has 1 aromatic carbocycles. The Labute approximate surface area is 97.9 Å². The minimum atomic E-state index is 0.696. The third-order valence-electron chi connectivity index (χ3n) is 2.80. The second-order valence-corrected chi connectivity index (χ2v) is 5.07. The second-order valence-electron chi connectivity index (χ2n) is 3.90. The Hall–Kier alpha value is -0.470. The van der Waals surface area contributed by atoms with Gasteiger partial charge in [0, 0.05) is 23.2 Å². The number of hydrogen-bond acceptors (Lipinski definition) is 2. The van der Waals surface area contributed by atoms with Crippen LogP contribution in [0.3, 0.4) is 0 Å². The van der Waals surface area contributed by atoms with Crippen molar-refractivity contribution in [1.29, 1.82) is 0 Å². The smallest absolute Gasteiger partial charge is 0.0108 e. The van der Waals surface area contributed by atoms with Crippen LogP contribution in [0.25, 0.3) is 0 Å². The summed E-state index contributed by atoms with van der Waals surface area (Å²) in [5.74, 6) is 1.17. The zero-order valence-electron chi connectivity index (χ0n) is 9.94. The summed E-state index contributed by atoms with van der Waals surface area (Å²) < 4.78 is 0. The van der Waals surface area contributed by atoms with E-state index in [1.807, 2.05) is 11.8 Å². The van der Waals surface area contributed by atoms with Crippen molar-refractivity contribution in [3.05, 3.63) is 30.3 Å². The van der Waals surface area contributed by atoms with Crippen LogP contribution in [0.15, 0.2) is 35.2 Å². The van der Waals surface area contributed by atoms with Gasteiger partial charge >= 0.3 is 0 Å². The van der Waals surface area contributed by atoms with E-state index in [4.69, 9.17) is 0 Å². The molecule has 0 aliphatic heterocycles. The molecule has 1 rings (SSSR count). The molecule has 15 heavy (non-hydrogen) atoms. The van der Waals surface area contributed by atoms with Crippen molar-refractivity contribution in [3.63, 3.8) is 0 Å². The predicted molar refractivity (Wildman–Crippen MR) is 69.5 cm³/mol. The molecule has 0 amide bonds. The van der Waals surface area contributed by atoms with Crippen molar-refractivity contribution in [1.82, 2.24) is 4.90 Å². The first-order valence-corrected chi connectivity index (χ1v) is 6.60. The van der Waals surface area contributed by atoms with Gasteiger partial charge in [-0.15, -0.1) is 11.8 Å². The van der Waals surface area contributed by atoms with E-state index in [1.165, 1.54) is 17.1 Å². The van der Waals surface area contributed by atoms with Gasteiger partial charge in [0.15, 0.2) is 0 Å². The lowest BCUT2D eigenvalue weighted by molar-refractivity contribution is 0.267. The van der Waals surface area contributed by atoms with Gasteiger partial charge in [0.1, 0.15) is 0 Å². The Bertz CT molecular complexity index is 260. The van der Waals surface area contributed by atoms with E-state index in [0.29, 0.717) is 6.04 Å². The molecule has 0 N–H and O–H groups in total. The summed E-state index contributed by atoms with van der Waals surface area (Å²) in [4.78, 5) is 3.80. The summed E-state index contributed by atoms with van der Waals surface area (Å²) in [7, 11) is 2.21. The van der Waals surface area contributed by atoms with Crippen LogP contribution in [0.5, 0.6) is 0 Å². The van der Waals surface area contributed by atoms with Crippen LogP contribution >= 0.6 is 11.8 Å². The minimum Gasteiger partial charge on any atom is -0.303 e. The lowest BCUT2D eigenvalue weighted by Gasteiger charge is -2.22. The normalized spacial score (nSPS) is 13.1. The Kier molecular flexibility index (Phi) is 5.81. The van der Waals surface area contributed by atoms with Gasteiger partial charge in [-0.1, -0.05) is 25.1 Å². The SMILES string of the molecule is CCC(C)N(C)CCSc1ccccc1. The van der Waals surface area contributed by atoms with E-state index in [0.717, 1.165) is 6.54 Å². The first-order valence-electron chi connectivity index (χ1n) is 5.62. The highest BCUT2D eigenvalue weighted by Crippen LogP contribution is 2.17. The van der Waals surface area contributed by atoms with Crippen molar-refractivity contribution < 1.29 is 0 Å². The lowest BCUT2D eigenvalue weighted by atomic mass is 10.2. The molecule has 1 aromatic rings. The van der Waals surface area contributed by atoms with E-state index in [2.05, 4.69) is 56.1 Å². The monoisotopic (exact) mass is 223 g/mol. The summed E-state index contributed by atoms with van der Waals surface area (Å²) in [6, 6.07) is 11.3. The van der Waals surface area contributed by atoms with Crippen molar-refractivity contribution in [2.24, 2.45) is 0 Å². The molecule has 1 unspecified atom stereocenters. The summed E-state index contributed by atoms with van der Waals surface area (Å²) >= 11 is 1.93. The van der Waals surface area contributed by atoms with E-state index >= 15 is 0 Å². The molecular formula is C13H21NS. The lowest BCUT2D eigenvalue weighted by Crippen LogP contribution is -2.30. The molecule has 2 heteroatoms. The highest BCUT2D eigenvalue weighted by atomic mass is 32.2. The molecule has 0 saturated heterocycles. The molecule has 1 nitrogen and oxygen atoms in total. The average Bonchev–Trinajstić information content (AvgIpc) is 2.29. The zero-order chi connectivity index (χ0) is 11.1. The van der Waals surface area contributed by atoms with E-state index in [1.54, 1.807) is 0 Å². The molecule has 0 aliphatic rings. The fourth-order valence-corrected chi connectivity index (χ4v) is 2.32. The van der Waals surface area contributed by atoms with Crippen LogP contribution in [0.4, 0.5) is 0 Å². The average molecular weight is 223 g/mol. The van der Waals surface area contributed by atoms with Crippen LogP contribution in [0.2, 0.25) is 0 Å². The standard InChI is InChI=1S/C13H21NS/c1-4-12(2)14(3)10-11-15-13-8-6-5-7-9-13/h5-9,12H,4,10-11H2,1-3H3. The fraction of sp³-hybridized carbons (Fsp3) is 0.538. The molecule has 0 radical (unpaired) electrons. The first-order chi connectivity index (χ1) is 7.24. The minimum absolute atomic E-state index is 0.696. The largest absolute Gasteiger partial charge is 0.303 e. The first kappa shape index (κ1) is 12.6. The van der Waals surface area contributed by atoms with E-state index < -0.39 is 0 Å². The van der Waals surface area contributed by atoms with Crippen LogP contribution in [-0.4, -0.2) is 30.3 Å². The summed E-state index contributed by atoms with van der Waals surface area (Å²) in [6.07, 6.45) is 1.23. The highest BCUT2D eigenvalue weighted by Gasteiger charge is 2.05. The van der Waals surface area contributed by atoms with Crippen LogP contribution in [-0.2, 0) is 0 Å². The van der Waals surface area contributed by atoms with Gasteiger partial charge in [-0.05, 0) is 32.5 Å². The number of nitrogens with zero attached hydrogens (tertiary/aromatic N) is 1. The molecule has 0 bridgehead atoms. The molecular weight excluding hydrogens is 202 g/mol. The van der Waals surface area contributed by atoms with Crippen LogP contribution in [0.1, 0.15) is 20.3 Å². The second kappa shape index (κ2) is 6.91. The number of benzene rings is 1. The quantitative estimate of drug-likeness (QED) is 0.679. The predicted octanol–water partition coefficient (Wildman–Crippen LogP) is 3.51. The van der Waals surface area contributed by atoms with Gasteiger partial charge in [-0.3, -0.25) is 0 Å². The van der Waals surface area contributed by atoms with E-state index in [9.17, 15) is 0 Å². The van der Waals surface area contributed by atoms with Gasteiger partial charge in [-0.2, -0.15) is 0 Å². The van der Waals surface area contributed by atoms with Crippen LogP contribution in [0, 0.1) is 0 Å². The molecule has 0 saturated carbocycles. The molecule has 0 aromatic heterocycles. The van der Waals surface area contributed by atoms with Gasteiger partial charge in [0.2, 0.25) is 0 Å². The molecule has 0 fully saturated rings. The third kappa shape index (κ3) is 4.72. The van der Waals surface area contributed by atoms with Crippen molar-refractivity contribution in [2.45, 2.75) is 31.2 Å². The number of rotatable bonds is 6. The van der Waals surface area contributed by atoms with Gasteiger partial charge in [0.05, 0.1) is 0 Å². The van der Waals surface area contributed by atoms with Gasteiger partial charge in [0.25, 0.3) is 0 Å². The van der Waals surface area contributed by atoms with Crippen molar-refractivity contribution >= 4 is 11.8 Å². The number of thioether (sulfide) groups is 1. The highest BCUT2D eigenvalue weighted by molar-refractivity contribution is 7.99. The Morgan fingerprint density at radius 2 is 1.93 bits per heavy atom. The molecule has 84 valence electrons. The topological polar surface area (TPSA) is 3.24 Å². The van der Waals surface area contributed by atoms with Gasteiger partial charge < -0.3 is 4.90 Å². The molecule has 0 spiro atoms. The molecule has 1 atom stereocenters. The van der Waals surface area contributed by atoms with E-state index in [-0.39, 0.29) is 0 Å². The Morgan fingerprint density at radius 1 is 1.27 bits per heavy atom. The zero-order valence-corrected chi connectivity index (χ0v) is 10.8. The summed E-state index contributed by atoms with van der Waals surface area (Å²) in [5, 5.41) is 0. The maximum atomic E-state index is 2.43. The summed E-state index contributed by atoms with van der Waals surface area (Å²) in [5.41, 5.74) is 0. The summed E-state index contributed by atoms with van der Waals surface area (Å²) in [6.45, 7) is 5.69. The third-order valence-corrected chi connectivity index (χ3v) is 3.79. The van der Waals surface area contributed by atoms with Gasteiger partial charge in [-0.25, -0.2) is 0 Å². The Balaban J connectivity index is 2.22. The van der Waals surface area contributed by atoms with Crippen molar-refractivity contribution in [2.75, 3.05) is 19.3 Å². The number of hydrogen-bond donors (Lipinski definition) is 0. The molecule has 0 heterocycles. The fourth-order valence-electron chi connectivity index (χ4n) is 1.36. The maximum Gasteiger partial charge on any atom is 0.0108 e. The van der Waals surface area contributed by atoms with Crippen molar-refractivity contribution in [3.8, 4) is 0 Å². The molecule has 0 aliphatic carbocycles. The maximum absolute atomic E-state index is 2.43.